The minimum Gasteiger partial charge on any atom is -0.360 e. The Morgan fingerprint density at radius 3 is 2.55 bits per heavy atom. The predicted octanol–water partition coefficient (Wildman–Crippen LogP) is 3.10. The summed E-state index contributed by atoms with van der Waals surface area (Å²) in [6.07, 6.45) is -2.63. The fourth-order valence-electron chi connectivity index (χ4n) is 2.08. The predicted molar refractivity (Wildman–Crippen MR) is 67.5 cm³/mol. The van der Waals surface area contributed by atoms with E-state index in [-0.39, 0.29) is 13.1 Å². The van der Waals surface area contributed by atoms with Gasteiger partial charge in [-0.05, 0) is 30.0 Å². The van der Waals surface area contributed by atoms with Gasteiger partial charge in [-0.1, -0.05) is 30.3 Å². The molecule has 0 aromatic heterocycles. The minimum absolute atomic E-state index is 0.158. The SMILES string of the molecule is Cc1ccccc1C1=CCN(OC(=O)C(F)(F)F)CC1. The monoisotopic (exact) mass is 285 g/mol. The Kier molecular flexibility index (Phi) is 4.13. The van der Waals surface area contributed by atoms with Crippen molar-refractivity contribution in [2.24, 2.45) is 0 Å². The van der Waals surface area contributed by atoms with Crippen molar-refractivity contribution in [3.05, 3.63) is 41.5 Å². The molecule has 0 amide bonds. The molecule has 0 N–H and O–H groups in total. The van der Waals surface area contributed by atoms with Gasteiger partial charge < -0.3 is 4.84 Å². The second-order valence-corrected chi connectivity index (χ2v) is 4.56. The van der Waals surface area contributed by atoms with Gasteiger partial charge in [-0.15, -0.1) is 5.06 Å². The van der Waals surface area contributed by atoms with Crippen LogP contribution in [0.4, 0.5) is 13.2 Å². The van der Waals surface area contributed by atoms with E-state index < -0.39 is 12.1 Å². The second kappa shape index (κ2) is 5.66. The van der Waals surface area contributed by atoms with E-state index in [9.17, 15) is 18.0 Å². The van der Waals surface area contributed by atoms with E-state index in [1.54, 1.807) is 6.08 Å². The van der Waals surface area contributed by atoms with Crippen LogP contribution in [-0.2, 0) is 9.63 Å². The molecule has 108 valence electrons. The Bertz CT molecular complexity index is 537. The van der Waals surface area contributed by atoms with E-state index in [4.69, 9.17) is 0 Å². The van der Waals surface area contributed by atoms with Crippen molar-refractivity contribution >= 4 is 11.5 Å². The highest BCUT2D eigenvalue weighted by Crippen LogP contribution is 2.26. The number of halogens is 3. The largest absolute Gasteiger partial charge is 0.492 e. The summed E-state index contributed by atoms with van der Waals surface area (Å²) in [4.78, 5) is 15.0. The van der Waals surface area contributed by atoms with Gasteiger partial charge in [0.2, 0.25) is 0 Å². The summed E-state index contributed by atoms with van der Waals surface area (Å²) in [6.45, 7) is 2.39. The van der Waals surface area contributed by atoms with Crippen molar-refractivity contribution < 1.29 is 22.8 Å². The van der Waals surface area contributed by atoms with Crippen molar-refractivity contribution in [2.45, 2.75) is 19.5 Å². The summed E-state index contributed by atoms with van der Waals surface area (Å²) >= 11 is 0. The van der Waals surface area contributed by atoms with Crippen molar-refractivity contribution in [3.63, 3.8) is 0 Å². The number of carbonyl (C=O) groups excluding carboxylic acids is 1. The quantitative estimate of drug-likeness (QED) is 0.836. The van der Waals surface area contributed by atoms with Crippen molar-refractivity contribution in [1.29, 1.82) is 0 Å². The van der Waals surface area contributed by atoms with Gasteiger partial charge in [0.25, 0.3) is 0 Å². The molecule has 1 aliphatic heterocycles. The average Bonchev–Trinajstić information content (AvgIpc) is 2.39. The summed E-state index contributed by atoms with van der Waals surface area (Å²) in [5.74, 6) is -2.18. The molecule has 0 aliphatic carbocycles. The third-order valence-electron chi connectivity index (χ3n) is 3.11. The molecule has 3 nitrogen and oxygen atoms in total. The number of aryl methyl sites for hydroxylation is 1. The maximum atomic E-state index is 12.1. The van der Waals surface area contributed by atoms with Crippen LogP contribution in [0.25, 0.3) is 5.57 Å². The molecule has 0 fully saturated rings. The molecule has 0 spiro atoms. The first kappa shape index (κ1) is 14.6. The topological polar surface area (TPSA) is 29.5 Å². The Hall–Kier alpha value is -1.82. The number of hydrogen-bond donors (Lipinski definition) is 0. The van der Waals surface area contributed by atoms with E-state index in [2.05, 4.69) is 4.84 Å². The number of rotatable bonds is 2. The van der Waals surface area contributed by atoms with Crippen LogP contribution >= 0.6 is 0 Å². The van der Waals surface area contributed by atoms with Gasteiger partial charge in [0.05, 0.1) is 6.54 Å². The zero-order chi connectivity index (χ0) is 14.8. The van der Waals surface area contributed by atoms with Gasteiger partial charge in [-0.3, -0.25) is 0 Å². The lowest BCUT2D eigenvalue weighted by Gasteiger charge is -2.25. The zero-order valence-corrected chi connectivity index (χ0v) is 10.9. The molecule has 1 aromatic carbocycles. The first-order valence-corrected chi connectivity index (χ1v) is 6.17. The molecular formula is C14H14F3NO2. The minimum atomic E-state index is -4.96. The van der Waals surface area contributed by atoms with Crippen LogP contribution in [-0.4, -0.2) is 30.3 Å². The highest BCUT2D eigenvalue weighted by atomic mass is 19.4. The molecule has 1 aliphatic rings. The molecule has 0 radical (unpaired) electrons. The zero-order valence-electron chi connectivity index (χ0n) is 10.9. The third kappa shape index (κ3) is 3.39. The van der Waals surface area contributed by atoms with Crippen LogP contribution in [0, 0.1) is 6.92 Å². The molecule has 1 aromatic rings. The van der Waals surface area contributed by atoms with Crippen LogP contribution in [0.5, 0.6) is 0 Å². The van der Waals surface area contributed by atoms with E-state index >= 15 is 0 Å². The highest BCUT2D eigenvalue weighted by molar-refractivity contribution is 5.75. The van der Waals surface area contributed by atoms with Gasteiger partial charge >= 0.3 is 12.1 Å². The average molecular weight is 285 g/mol. The number of hydrogen-bond acceptors (Lipinski definition) is 3. The number of carbonyl (C=O) groups is 1. The van der Waals surface area contributed by atoms with Gasteiger partial charge in [-0.2, -0.15) is 13.2 Å². The summed E-state index contributed by atoms with van der Waals surface area (Å²) in [5, 5.41) is 1.03. The van der Waals surface area contributed by atoms with Crippen LogP contribution in [0.3, 0.4) is 0 Å². The fraction of sp³-hybridized carbons (Fsp3) is 0.357. The van der Waals surface area contributed by atoms with Gasteiger partial charge in [-0.25, -0.2) is 4.79 Å². The third-order valence-corrected chi connectivity index (χ3v) is 3.11. The molecule has 0 bridgehead atoms. The van der Waals surface area contributed by atoms with Crippen LogP contribution in [0.2, 0.25) is 0 Å². The number of nitrogens with zero attached hydrogens (tertiary/aromatic N) is 1. The molecule has 6 heteroatoms. The Labute approximate surface area is 114 Å². The maximum Gasteiger partial charge on any atom is 0.492 e. The van der Waals surface area contributed by atoms with E-state index in [0.717, 1.165) is 21.8 Å². The van der Waals surface area contributed by atoms with E-state index in [0.29, 0.717) is 6.42 Å². The van der Waals surface area contributed by atoms with E-state index in [1.807, 2.05) is 31.2 Å². The van der Waals surface area contributed by atoms with E-state index in [1.165, 1.54) is 0 Å². The molecule has 1 heterocycles. The maximum absolute atomic E-state index is 12.1. The smallest absolute Gasteiger partial charge is 0.360 e. The molecule has 0 atom stereocenters. The molecule has 20 heavy (non-hydrogen) atoms. The van der Waals surface area contributed by atoms with Crippen molar-refractivity contribution in [2.75, 3.05) is 13.1 Å². The lowest BCUT2D eigenvalue weighted by atomic mass is 9.96. The fourth-order valence-corrected chi connectivity index (χ4v) is 2.08. The molecule has 0 unspecified atom stereocenters. The first-order valence-electron chi connectivity index (χ1n) is 6.17. The molecule has 2 rings (SSSR count). The Balaban J connectivity index is 2.01. The van der Waals surface area contributed by atoms with Gasteiger partial charge in [0.15, 0.2) is 0 Å². The first-order chi connectivity index (χ1) is 9.38. The standard InChI is InChI=1S/C14H14F3NO2/c1-10-4-2-3-5-12(10)11-6-8-18(9-7-11)20-13(19)14(15,16)17/h2-6H,7-9H2,1H3. The lowest BCUT2D eigenvalue weighted by Crippen LogP contribution is -2.37. The summed E-state index contributed by atoms with van der Waals surface area (Å²) in [6, 6.07) is 7.80. The van der Waals surface area contributed by atoms with Crippen molar-refractivity contribution in [3.8, 4) is 0 Å². The van der Waals surface area contributed by atoms with Crippen molar-refractivity contribution in [1.82, 2.24) is 5.06 Å². The van der Waals surface area contributed by atoms with Crippen LogP contribution in [0.1, 0.15) is 17.5 Å². The lowest BCUT2D eigenvalue weighted by molar-refractivity contribution is -0.237. The van der Waals surface area contributed by atoms with Crippen LogP contribution in [0.15, 0.2) is 30.3 Å². The number of hydroxylamine groups is 2. The second-order valence-electron chi connectivity index (χ2n) is 4.56. The summed E-state index contributed by atoms with van der Waals surface area (Å²) in [7, 11) is 0. The molecular weight excluding hydrogens is 271 g/mol. The number of benzene rings is 1. The molecule has 0 saturated heterocycles. The summed E-state index contributed by atoms with van der Waals surface area (Å²) < 4.78 is 36.2. The van der Waals surface area contributed by atoms with Gasteiger partial charge in [0.1, 0.15) is 0 Å². The summed E-state index contributed by atoms with van der Waals surface area (Å²) in [5.41, 5.74) is 3.25. The Morgan fingerprint density at radius 2 is 2.00 bits per heavy atom. The Morgan fingerprint density at radius 1 is 1.30 bits per heavy atom. The number of alkyl halides is 3. The highest BCUT2D eigenvalue weighted by Gasteiger charge is 2.42. The normalized spacial score (nSPS) is 16.7. The van der Waals surface area contributed by atoms with Gasteiger partial charge in [0, 0.05) is 6.54 Å². The van der Waals surface area contributed by atoms with Crippen LogP contribution < -0.4 is 0 Å². The molecule has 0 saturated carbocycles.